The topological polar surface area (TPSA) is 0 Å². The van der Waals surface area contributed by atoms with E-state index in [-0.39, 0.29) is 6.99 Å². The SMILES string of the molecule is PPP(P)PPc1ccc(I)cc1. The maximum absolute atomic E-state index is 2.99. The Morgan fingerprint density at radius 1 is 1.23 bits per heavy atom. The highest BCUT2D eigenvalue weighted by Gasteiger charge is 1.98. The van der Waals surface area contributed by atoms with Crippen LogP contribution in [-0.2, 0) is 0 Å². The molecular weight excluding hydrogens is 385 g/mol. The normalized spacial score (nSPS) is 15.6. The molecule has 0 N–H and O–H groups in total. The number of hydrogen-bond acceptors (Lipinski definition) is 0. The molecule has 6 atom stereocenters. The molecule has 0 saturated heterocycles. The zero-order valence-electron chi connectivity index (χ0n) is 6.79. The molecule has 0 nitrogen and oxygen atoms in total. The molecule has 1 aromatic rings. The van der Waals surface area contributed by atoms with Crippen molar-refractivity contribution in [1.29, 1.82) is 0 Å². The highest BCUT2D eigenvalue weighted by molar-refractivity contribution is 14.1. The van der Waals surface area contributed by atoms with E-state index in [0.29, 0.717) is 0 Å². The van der Waals surface area contributed by atoms with Gasteiger partial charge in [-0.25, -0.2) is 0 Å². The van der Waals surface area contributed by atoms with Crippen LogP contribution in [0.1, 0.15) is 0 Å². The average Bonchev–Trinajstić information content (AvgIpc) is 2.16. The first kappa shape index (κ1) is 13.6. The molecule has 0 heterocycles. The molecule has 0 saturated carbocycles. The van der Waals surface area contributed by atoms with Gasteiger partial charge in [-0.15, -0.1) is 17.9 Å². The van der Waals surface area contributed by atoms with Crippen molar-refractivity contribution in [2.75, 3.05) is 0 Å². The van der Waals surface area contributed by atoms with Crippen LogP contribution in [0, 0.1) is 3.57 Å². The van der Waals surface area contributed by atoms with Crippen molar-refractivity contribution in [3.8, 4) is 0 Å². The standard InChI is InChI=1S/C6H11IP6/c7-5-1-3-6(4-2-5)10-12-13(9)11-8/h1-4,10-12H,8-9H2. The minimum absolute atomic E-state index is 0.236. The van der Waals surface area contributed by atoms with E-state index >= 15 is 0 Å². The smallest absolute Gasteiger partial charge is 0.0130 e. The van der Waals surface area contributed by atoms with E-state index in [1.54, 1.807) is 0 Å². The van der Waals surface area contributed by atoms with Crippen molar-refractivity contribution in [2.45, 2.75) is 0 Å². The predicted molar refractivity (Wildman–Crippen MR) is 90.1 cm³/mol. The van der Waals surface area contributed by atoms with Crippen LogP contribution in [0.3, 0.4) is 0 Å². The second-order valence-electron chi connectivity index (χ2n) is 2.24. The van der Waals surface area contributed by atoms with Crippen LogP contribution in [0.2, 0.25) is 0 Å². The van der Waals surface area contributed by atoms with Crippen molar-refractivity contribution in [2.24, 2.45) is 0 Å². The summed E-state index contributed by atoms with van der Waals surface area (Å²) in [5.74, 6) is 0. The number of benzene rings is 1. The molecule has 0 spiro atoms. The molecule has 72 valence electrons. The summed E-state index contributed by atoms with van der Waals surface area (Å²) in [4.78, 5) is 0. The van der Waals surface area contributed by atoms with E-state index < -0.39 is 0 Å². The summed E-state index contributed by atoms with van der Waals surface area (Å²) in [6.45, 7) is 0.236. The Bertz CT molecular complexity index is 250. The summed E-state index contributed by atoms with van der Waals surface area (Å²) in [5.41, 5.74) is 0. The van der Waals surface area contributed by atoms with Gasteiger partial charge in [-0.2, -0.15) is 0 Å². The highest BCUT2D eigenvalue weighted by atomic mass is 127. The van der Waals surface area contributed by atoms with Crippen LogP contribution in [0.15, 0.2) is 24.3 Å². The zero-order valence-corrected chi connectivity index (χ0v) is 15.2. The van der Waals surface area contributed by atoms with Gasteiger partial charge >= 0.3 is 0 Å². The molecule has 13 heavy (non-hydrogen) atoms. The maximum Gasteiger partial charge on any atom is 0.0130 e. The quantitative estimate of drug-likeness (QED) is 0.509. The molecule has 1 aromatic carbocycles. The van der Waals surface area contributed by atoms with Crippen LogP contribution < -0.4 is 5.30 Å². The van der Waals surface area contributed by atoms with E-state index in [2.05, 4.69) is 64.7 Å². The van der Waals surface area contributed by atoms with Gasteiger partial charge in [0.25, 0.3) is 0 Å². The fourth-order valence-electron chi connectivity index (χ4n) is 0.690. The van der Waals surface area contributed by atoms with Crippen LogP contribution in [-0.4, -0.2) is 0 Å². The molecule has 0 aromatic heterocycles. The van der Waals surface area contributed by atoms with E-state index in [1.807, 2.05) is 0 Å². The van der Waals surface area contributed by atoms with Gasteiger partial charge in [-0.05, 0) is 47.0 Å². The molecule has 0 radical (unpaired) electrons. The molecule has 6 unspecified atom stereocenters. The van der Waals surface area contributed by atoms with Gasteiger partial charge in [0.05, 0.1) is 0 Å². The first-order valence-electron chi connectivity index (χ1n) is 3.50. The summed E-state index contributed by atoms with van der Waals surface area (Å²) in [6.07, 6.45) is 0. The monoisotopic (exact) mass is 396 g/mol. The Labute approximate surface area is 104 Å². The summed E-state index contributed by atoms with van der Waals surface area (Å²) in [5, 5.41) is 1.51. The molecule has 0 aliphatic carbocycles. The third-order valence-corrected chi connectivity index (χ3v) is 25.7. The van der Waals surface area contributed by atoms with Crippen LogP contribution in [0.25, 0.3) is 0 Å². The van der Waals surface area contributed by atoms with Gasteiger partial charge in [0.2, 0.25) is 0 Å². The third-order valence-electron chi connectivity index (χ3n) is 1.30. The molecule has 0 aliphatic rings. The minimum Gasteiger partial charge on any atom is -0.109 e. The fraction of sp³-hybridized carbons (Fsp3) is 0. The van der Waals surface area contributed by atoms with Gasteiger partial charge in [0.15, 0.2) is 0 Å². The van der Waals surface area contributed by atoms with Crippen LogP contribution >= 0.6 is 71.6 Å². The molecule has 7 heteroatoms. The van der Waals surface area contributed by atoms with E-state index in [9.17, 15) is 0 Å². The van der Waals surface area contributed by atoms with Crippen molar-refractivity contribution < 1.29 is 0 Å². The second kappa shape index (κ2) is 7.75. The Kier molecular flexibility index (Phi) is 8.10. The van der Waals surface area contributed by atoms with E-state index in [0.717, 1.165) is 24.2 Å². The van der Waals surface area contributed by atoms with Crippen molar-refractivity contribution in [1.82, 2.24) is 0 Å². The van der Waals surface area contributed by atoms with Gasteiger partial charge < -0.3 is 0 Å². The predicted octanol–water partition coefficient (Wildman–Crippen LogP) is 4.76. The first-order valence-corrected chi connectivity index (χ1v) is 15.0. The van der Waals surface area contributed by atoms with Crippen LogP contribution in [0.5, 0.6) is 0 Å². The lowest BCUT2D eigenvalue weighted by Gasteiger charge is -2.08. The molecule has 0 aliphatic heterocycles. The molecule has 0 fully saturated rings. The highest BCUT2D eigenvalue weighted by Crippen LogP contribution is 2.82. The average molecular weight is 396 g/mol. The Hall–Kier alpha value is 2.53. The van der Waals surface area contributed by atoms with Gasteiger partial charge in [-0.3, -0.25) is 0 Å². The molecule has 0 amide bonds. The van der Waals surface area contributed by atoms with Crippen LogP contribution in [0.4, 0.5) is 0 Å². The first-order chi connectivity index (χ1) is 6.22. The third kappa shape index (κ3) is 5.98. The van der Waals surface area contributed by atoms with Crippen molar-refractivity contribution in [3.63, 3.8) is 0 Å². The fourth-order valence-corrected chi connectivity index (χ4v) is 16.2. The van der Waals surface area contributed by atoms with Crippen molar-refractivity contribution in [3.05, 3.63) is 27.8 Å². The Morgan fingerprint density at radius 3 is 2.38 bits per heavy atom. The van der Waals surface area contributed by atoms with Gasteiger partial charge in [-0.1, -0.05) is 36.3 Å². The summed E-state index contributed by atoms with van der Waals surface area (Å²) in [7, 11) is 9.03. The molecule has 0 bridgehead atoms. The lowest BCUT2D eigenvalue weighted by Crippen LogP contribution is -1.88. The van der Waals surface area contributed by atoms with E-state index in [4.69, 9.17) is 0 Å². The molecular formula is C6H11IP6. The lowest BCUT2D eigenvalue weighted by molar-refractivity contribution is 1.70. The Balaban J connectivity index is 2.41. The Morgan fingerprint density at radius 2 is 1.85 bits per heavy atom. The van der Waals surface area contributed by atoms with Crippen molar-refractivity contribution >= 4 is 76.9 Å². The van der Waals surface area contributed by atoms with E-state index in [1.165, 1.54) is 8.87 Å². The summed E-state index contributed by atoms with van der Waals surface area (Å²) < 4.78 is 1.33. The van der Waals surface area contributed by atoms with Gasteiger partial charge in [0, 0.05) is 3.57 Å². The molecule has 1 rings (SSSR count). The minimum atomic E-state index is 0.236. The second-order valence-corrected chi connectivity index (χ2v) is 20.9. The summed E-state index contributed by atoms with van der Waals surface area (Å²) in [6, 6.07) is 8.91. The largest absolute Gasteiger partial charge is 0.109 e. The lowest BCUT2D eigenvalue weighted by atomic mass is 10.4. The maximum atomic E-state index is 2.99. The summed E-state index contributed by atoms with van der Waals surface area (Å²) >= 11 is 2.35. The number of hydrogen-bond donors (Lipinski definition) is 0. The number of rotatable bonds is 4. The number of halogens is 1. The zero-order chi connectivity index (χ0) is 9.68. The van der Waals surface area contributed by atoms with Gasteiger partial charge in [0.1, 0.15) is 0 Å².